The number of hydrogen-bond acceptors (Lipinski definition) is 3. The average molecular weight is 288 g/mol. The lowest BCUT2D eigenvalue weighted by Crippen LogP contribution is -2.24. The van der Waals surface area contributed by atoms with Crippen LogP contribution < -0.4 is 5.32 Å². The number of fused-ring (bicyclic) bond motifs is 1. The maximum atomic E-state index is 11.8. The topological polar surface area (TPSA) is 59.8 Å². The normalized spacial score (nSPS) is 11.0. The lowest BCUT2D eigenvalue weighted by molar-refractivity contribution is -0.121. The van der Waals surface area contributed by atoms with E-state index in [4.69, 9.17) is 0 Å². The first kappa shape index (κ1) is 15.5. The molecule has 0 radical (unpaired) electrons. The smallest absolute Gasteiger partial charge is 0.220 e. The van der Waals surface area contributed by atoms with Gasteiger partial charge in [0.1, 0.15) is 5.82 Å². The SMILES string of the molecule is CCCCCCCC(=O)NCc1nc2ccncc2n1C. The Bertz CT molecular complexity index is 591. The second-order valence-electron chi connectivity index (χ2n) is 5.39. The molecule has 0 bridgehead atoms. The first-order chi connectivity index (χ1) is 10.2. The Morgan fingerprint density at radius 1 is 1.29 bits per heavy atom. The van der Waals surface area contributed by atoms with Gasteiger partial charge in [0, 0.05) is 19.7 Å². The fraction of sp³-hybridized carbons (Fsp3) is 0.562. The van der Waals surface area contributed by atoms with Crippen molar-refractivity contribution in [1.29, 1.82) is 0 Å². The van der Waals surface area contributed by atoms with Crippen molar-refractivity contribution < 1.29 is 4.79 Å². The molecule has 1 N–H and O–H groups in total. The largest absolute Gasteiger partial charge is 0.349 e. The molecule has 0 unspecified atom stereocenters. The predicted molar refractivity (Wildman–Crippen MR) is 83.7 cm³/mol. The van der Waals surface area contributed by atoms with Gasteiger partial charge in [0.25, 0.3) is 0 Å². The van der Waals surface area contributed by atoms with Crippen LogP contribution in [-0.4, -0.2) is 20.4 Å². The predicted octanol–water partition coefficient (Wildman–Crippen LogP) is 2.95. The third kappa shape index (κ3) is 4.28. The Balaban J connectivity index is 1.79. The van der Waals surface area contributed by atoms with Crippen LogP contribution in [0.25, 0.3) is 11.0 Å². The molecule has 5 nitrogen and oxygen atoms in total. The van der Waals surface area contributed by atoms with Gasteiger partial charge in [-0.25, -0.2) is 4.98 Å². The lowest BCUT2D eigenvalue weighted by Gasteiger charge is -2.05. The summed E-state index contributed by atoms with van der Waals surface area (Å²) >= 11 is 0. The minimum atomic E-state index is 0.108. The molecule has 0 fully saturated rings. The molecule has 2 aromatic rings. The number of nitrogens with one attached hydrogen (secondary N) is 1. The number of aryl methyl sites for hydroxylation is 1. The second-order valence-corrected chi connectivity index (χ2v) is 5.39. The maximum absolute atomic E-state index is 11.8. The van der Waals surface area contributed by atoms with Crippen molar-refractivity contribution in [3.8, 4) is 0 Å². The number of unbranched alkanes of at least 4 members (excludes halogenated alkanes) is 4. The molecule has 5 heteroatoms. The zero-order valence-electron chi connectivity index (χ0n) is 12.9. The van der Waals surface area contributed by atoms with E-state index >= 15 is 0 Å². The van der Waals surface area contributed by atoms with Gasteiger partial charge in [0.15, 0.2) is 0 Å². The van der Waals surface area contributed by atoms with Gasteiger partial charge >= 0.3 is 0 Å². The van der Waals surface area contributed by atoms with Crippen molar-refractivity contribution >= 4 is 16.9 Å². The Hall–Kier alpha value is -1.91. The monoisotopic (exact) mass is 288 g/mol. The maximum Gasteiger partial charge on any atom is 0.220 e. The van der Waals surface area contributed by atoms with Gasteiger partial charge in [-0.1, -0.05) is 32.6 Å². The number of rotatable bonds is 8. The minimum absolute atomic E-state index is 0.108. The molecule has 2 aromatic heterocycles. The van der Waals surface area contributed by atoms with Crippen LogP contribution >= 0.6 is 0 Å². The van der Waals surface area contributed by atoms with Crippen LogP contribution in [0.4, 0.5) is 0 Å². The van der Waals surface area contributed by atoms with Gasteiger partial charge in [0.05, 0.1) is 23.8 Å². The summed E-state index contributed by atoms with van der Waals surface area (Å²) in [7, 11) is 1.95. The summed E-state index contributed by atoms with van der Waals surface area (Å²) in [6.45, 7) is 2.66. The Morgan fingerprint density at radius 2 is 2.10 bits per heavy atom. The third-order valence-electron chi connectivity index (χ3n) is 3.73. The van der Waals surface area contributed by atoms with E-state index in [9.17, 15) is 4.79 Å². The highest BCUT2D eigenvalue weighted by Crippen LogP contribution is 2.12. The Morgan fingerprint density at radius 3 is 2.86 bits per heavy atom. The van der Waals surface area contributed by atoms with Gasteiger partial charge in [-0.15, -0.1) is 0 Å². The summed E-state index contributed by atoms with van der Waals surface area (Å²) in [5.41, 5.74) is 1.90. The third-order valence-corrected chi connectivity index (χ3v) is 3.73. The van der Waals surface area contributed by atoms with Crippen molar-refractivity contribution in [2.24, 2.45) is 7.05 Å². The fourth-order valence-corrected chi connectivity index (χ4v) is 2.40. The molecule has 0 atom stereocenters. The van der Waals surface area contributed by atoms with Gasteiger partial charge in [-0.3, -0.25) is 9.78 Å². The molecule has 21 heavy (non-hydrogen) atoms. The first-order valence-electron chi connectivity index (χ1n) is 7.74. The number of aromatic nitrogens is 3. The number of hydrogen-bond donors (Lipinski definition) is 1. The van der Waals surface area contributed by atoms with Gasteiger partial charge in [0.2, 0.25) is 5.91 Å². The molecule has 0 aliphatic carbocycles. The number of imidazole rings is 1. The van der Waals surface area contributed by atoms with E-state index in [2.05, 4.69) is 22.2 Å². The summed E-state index contributed by atoms with van der Waals surface area (Å²) < 4.78 is 1.98. The molecule has 1 amide bonds. The van der Waals surface area contributed by atoms with Crippen LogP contribution in [-0.2, 0) is 18.4 Å². The van der Waals surface area contributed by atoms with E-state index in [1.165, 1.54) is 19.3 Å². The first-order valence-corrected chi connectivity index (χ1v) is 7.74. The van der Waals surface area contributed by atoms with Gasteiger partial charge in [-0.05, 0) is 12.5 Å². The zero-order valence-corrected chi connectivity index (χ0v) is 12.9. The molecule has 0 aliphatic rings. The summed E-state index contributed by atoms with van der Waals surface area (Å²) in [4.78, 5) is 20.4. The quantitative estimate of drug-likeness (QED) is 0.760. The van der Waals surface area contributed by atoms with Crippen molar-refractivity contribution in [2.45, 2.75) is 52.0 Å². The Labute approximate surface area is 125 Å². The molecule has 0 aliphatic heterocycles. The van der Waals surface area contributed by atoms with Crippen molar-refractivity contribution in [1.82, 2.24) is 19.9 Å². The van der Waals surface area contributed by atoms with E-state index in [1.54, 1.807) is 12.4 Å². The molecule has 0 saturated heterocycles. The lowest BCUT2D eigenvalue weighted by atomic mass is 10.1. The standard InChI is InChI=1S/C16H24N4O/c1-3-4-5-6-7-8-16(21)18-12-15-19-13-9-10-17-11-14(13)20(15)2/h9-11H,3-8,12H2,1-2H3,(H,18,21). The van der Waals surface area contributed by atoms with Crippen LogP contribution in [0.5, 0.6) is 0 Å². The van der Waals surface area contributed by atoms with Crippen LogP contribution in [0, 0.1) is 0 Å². The molecule has 0 spiro atoms. The summed E-state index contributed by atoms with van der Waals surface area (Å²) in [5, 5.41) is 2.95. The van der Waals surface area contributed by atoms with Crippen LogP contribution in [0.2, 0.25) is 0 Å². The minimum Gasteiger partial charge on any atom is -0.349 e. The molecule has 0 saturated carbocycles. The molecule has 2 heterocycles. The van der Waals surface area contributed by atoms with Crippen molar-refractivity contribution in [2.75, 3.05) is 0 Å². The Kier molecular flexibility index (Phi) is 5.72. The number of nitrogens with zero attached hydrogens (tertiary/aromatic N) is 3. The molecular weight excluding hydrogens is 264 g/mol. The van der Waals surface area contributed by atoms with Crippen molar-refractivity contribution in [3.05, 3.63) is 24.3 Å². The summed E-state index contributed by atoms with van der Waals surface area (Å²) in [6, 6.07) is 1.88. The second kappa shape index (κ2) is 7.76. The summed E-state index contributed by atoms with van der Waals surface area (Å²) in [6.07, 6.45) is 9.95. The van der Waals surface area contributed by atoms with Gasteiger partial charge in [-0.2, -0.15) is 0 Å². The van der Waals surface area contributed by atoms with Crippen LogP contribution in [0.1, 0.15) is 51.3 Å². The van der Waals surface area contributed by atoms with Gasteiger partial charge < -0.3 is 9.88 Å². The van der Waals surface area contributed by atoms with Crippen LogP contribution in [0.3, 0.4) is 0 Å². The molecule has 2 rings (SSSR count). The zero-order chi connectivity index (χ0) is 15.1. The molecular formula is C16H24N4O. The van der Waals surface area contributed by atoms with Crippen LogP contribution in [0.15, 0.2) is 18.5 Å². The fourth-order valence-electron chi connectivity index (χ4n) is 2.40. The number of amides is 1. The number of carbonyl (C=O) groups is 1. The van der Waals surface area contributed by atoms with E-state index in [0.717, 1.165) is 29.7 Å². The van der Waals surface area contributed by atoms with E-state index in [1.807, 2.05) is 17.7 Å². The van der Waals surface area contributed by atoms with Crippen molar-refractivity contribution in [3.63, 3.8) is 0 Å². The van der Waals surface area contributed by atoms with E-state index in [0.29, 0.717) is 13.0 Å². The van der Waals surface area contributed by atoms with E-state index < -0.39 is 0 Å². The average Bonchev–Trinajstić information content (AvgIpc) is 2.82. The van der Waals surface area contributed by atoms with E-state index in [-0.39, 0.29) is 5.91 Å². The number of pyridine rings is 1. The highest BCUT2D eigenvalue weighted by molar-refractivity contribution is 5.76. The summed E-state index contributed by atoms with van der Waals surface area (Å²) in [5.74, 6) is 0.967. The molecule has 0 aromatic carbocycles. The highest BCUT2D eigenvalue weighted by atomic mass is 16.1. The highest BCUT2D eigenvalue weighted by Gasteiger charge is 2.08. The number of carbonyl (C=O) groups excluding carboxylic acids is 1. The molecule has 114 valence electrons.